The number of benzene rings is 1. The maximum absolute atomic E-state index is 12.2. The van der Waals surface area contributed by atoms with E-state index in [4.69, 9.17) is 16.3 Å². The van der Waals surface area contributed by atoms with Gasteiger partial charge in [0.15, 0.2) is 0 Å². The molecule has 0 atom stereocenters. The van der Waals surface area contributed by atoms with E-state index in [2.05, 4.69) is 15.1 Å². The Labute approximate surface area is 154 Å². The van der Waals surface area contributed by atoms with E-state index in [-0.39, 0.29) is 19.0 Å². The Bertz CT molecular complexity index is 925. The fourth-order valence-electron chi connectivity index (χ4n) is 2.47. The van der Waals surface area contributed by atoms with Crippen LogP contribution in [0.15, 0.2) is 29.4 Å². The number of fused-ring (bicyclic) bond motifs is 1. The maximum atomic E-state index is 12.2. The molecule has 0 spiro atoms. The first-order valence-corrected chi connectivity index (χ1v) is 9.25. The first kappa shape index (κ1) is 17.7. The van der Waals surface area contributed by atoms with Crippen molar-refractivity contribution in [3.8, 4) is 0 Å². The van der Waals surface area contributed by atoms with Crippen LogP contribution in [0.4, 0.5) is 0 Å². The summed E-state index contributed by atoms with van der Waals surface area (Å²) in [6.45, 7) is 3.98. The average Bonchev–Trinajstić information content (AvgIpc) is 3.01. The molecule has 0 radical (unpaired) electrons. The number of aryl methyl sites for hydroxylation is 2. The highest BCUT2D eigenvalue weighted by Gasteiger charge is 2.16. The van der Waals surface area contributed by atoms with Crippen molar-refractivity contribution in [1.82, 2.24) is 19.6 Å². The Balaban J connectivity index is 1.75. The van der Waals surface area contributed by atoms with Gasteiger partial charge in [0, 0.05) is 22.0 Å². The van der Waals surface area contributed by atoms with Crippen molar-refractivity contribution in [3.63, 3.8) is 0 Å². The van der Waals surface area contributed by atoms with Crippen molar-refractivity contribution in [2.45, 2.75) is 32.0 Å². The lowest BCUT2D eigenvalue weighted by molar-refractivity contribution is -0.144. The smallest absolute Gasteiger partial charge is 0.310 e. The van der Waals surface area contributed by atoms with Gasteiger partial charge in [-0.25, -0.2) is 9.50 Å². The number of ether oxygens (including phenoxy) is 1. The van der Waals surface area contributed by atoms with Gasteiger partial charge in [-0.15, -0.1) is 5.10 Å². The van der Waals surface area contributed by atoms with Crippen LogP contribution in [0.3, 0.4) is 0 Å². The monoisotopic (exact) mass is 376 g/mol. The molecule has 0 unspecified atom stereocenters. The predicted octanol–water partition coefficient (Wildman–Crippen LogP) is 3.40. The van der Waals surface area contributed by atoms with Gasteiger partial charge in [0.2, 0.25) is 5.16 Å². The second-order valence-corrected chi connectivity index (χ2v) is 6.75. The summed E-state index contributed by atoms with van der Waals surface area (Å²) in [4.78, 5) is 21.0. The van der Waals surface area contributed by atoms with Crippen LogP contribution in [-0.2, 0) is 22.6 Å². The lowest BCUT2D eigenvalue weighted by Crippen LogP contribution is -2.13. The number of esters is 1. The van der Waals surface area contributed by atoms with Gasteiger partial charge in [0.1, 0.15) is 6.61 Å². The number of rotatable bonds is 5. The zero-order valence-corrected chi connectivity index (χ0v) is 15.7. The van der Waals surface area contributed by atoms with Crippen molar-refractivity contribution < 1.29 is 9.53 Å². The van der Waals surface area contributed by atoms with E-state index in [1.165, 1.54) is 11.8 Å². The minimum Gasteiger partial charge on any atom is -0.461 e. The van der Waals surface area contributed by atoms with Crippen LogP contribution in [0.5, 0.6) is 0 Å². The first-order chi connectivity index (χ1) is 12.0. The van der Waals surface area contributed by atoms with Crippen LogP contribution < -0.4 is 0 Å². The fourth-order valence-corrected chi connectivity index (χ4v) is 2.93. The molecule has 0 fully saturated rings. The molecule has 0 N–H and O–H groups in total. The van der Waals surface area contributed by atoms with E-state index in [9.17, 15) is 4.79 Å². The third-order valence-electron chi connectivity index (χ3n) is 3.85. The van der Waals surface area contributed by atoms with Gasteiger partial charge in [0.05, 0.1) is 6.42 Å². The molecule has 0 bridgehead atoms. The van der Waals surface area contributed by atoms with Crippen molar-refractivity contribution >= 4 is 35.1 Å². The number of carbonyl (C=O) groups excluding carboxylic acids is 1. The van der Waals surface area contributed by atoms with Crippen LogP contribution in [0.25, 0.3) is 5.78 Å². The zero-order chi connectivity index (χ0) is 18.0. The quantitative estimate of drug-likeness (QED) is 0.502. The van der Waals surface area contributed by atoms with E-state index in [0.717, 1.165) is 22.5 Å². The van der Waals surface area contributed by atoms with E-state index in [1.54, 1.807) is 16.6 Å². The van der Waals surface area contributed by atoms with E-state index < -0.39 is 0 Å². The molecular weight excluding hydrogens is 360 g/mol. The molecule has 0 saturated carbocycles. The molecule has 0 aliphatic rings. The summed E-state index contributed by atoms with van der Waals surface area (Å²) in [6, 6.07) is 7.20. The standard InChI is InChI=1S/C17H17ClN4O2S/c1-10-14(11(2)22-16(19-10)20-17(21-22)25-3)8-15(23)24-9-12-4-6-13(18)7-5-12/h4-7H,8-9H2,1-3H3. The molecule has 130 valence electrons. The number of halogens is 1. The SMILES string of the molecule is CSc1nc2nc(C)c(CC(=O)OCc3ccc(Cl)cc3)c(C)n2n1. The van der Waals surface area contributed by atoms with Crippen LogP contribution in [0, 0.1) is 13.8 Å². The summed E-state index contributed by atoms with van der Waals surface area (Å²) in [6.07, 6.45) is 2.05. The Morgan fingerprint density at radius 3 is 2.64 bits per heavy atom. The van der Waals surface area contributed by atoms with Gasteiger partial charge >= 0.3 is 5.97 Å². The summed E-state index contributed by atoms with van der Waals surface area (Å²) in [7, 11) is 0. The minimum absolute atomic E-state index is 0.142. The molecule has 25 heavy (non-hydrogen) atoms. The van der Waals surface area contributed by atoms with Crippen LogP contribution in [0.2, 0.25) is 5.02 Å². The first-order valence-electron chi connectivity index (χ1n) is 7.65. The highest BCUT2D eigenvalue weighted by atomic mass is 35.5. The number of carbonyl (C=O) groups is 1. The van der Waals surface area contributed by atoms with Crippen molar-refractivity contribution in [2.75, 3.05) is 6.26 Å². The Morgan fingerprint density at radius 2 is 1.96 bits per heavy atom. The number of aromatic nitrogens is 4. The van der Waals surface area contributed by atoms with Gasteiger partial charge in [0.25, 0.3) is 5.78 Å². The highest BCUT2D eigenvalue weighted by Crippen LogP contribution is 2.18. The summed E-state index contributed by atoms with van der Waals surface area (Å²) < 4.78 is 7.03. The summed E-state index contributed by atoms with van der Waals surface area (Å²) in [5.74, 6) is 0.227. The van der Waals surface area contributed by atoms with E-state index in [1.807, 2.05) is 32.2 Å². The fraction of sp³-hybridized carbons (Fsp3) is 0.294. The predicted molar refractivity (Wildman–Crippen MR) is 97.0 cm³/mol. The van der Waals surface area contributed by atoms with Crippen LogP contribution in [0.1, 0.15) is 22.5 Å². The van der Waals surface area contributed by atoms with Gasteiger partial charge in [-0.1, -0.05) is 35.5 Å². The number of thioether (sulfide) groups is 1. The molecule has 0 amide bonds. The second kappa shape index (κ2) is 7.41. The largest absolute Gasteiger partial charge is 0.461 e. The molecule has 6 nitrogen and oxygen atoms in total. The Hall–Kier alpha value is -2.12. The third-order valence-corrected chi connectivity index (χ3v) is 4.64. The molecule has 1 aromatic carbocycles. The molecular formula is C17H17ClN4O2S. The molecule has 2 aromatic heterocycles. The maximum Gasteiger partial charge on any atom is 0.310 e. The zero-order valence-electron chi connectivity index (χ0n) is 14.1. The van der Waals surface area contributed by atoms with Crippen LogP contribution in [-0.4, -0.2) is 31.8 Å². The van der Waals surface area contributed by atoms with E-state index in [0.29, 0.717) is 16.0 Å². The molecule has 3 aromatic rings. The summed E-state index contributed by atoms with van der Waals surface area (Å²) in [5.41, 5.74) is 3.30. The lowest BCUT2D eigenvalue weighted by atomic mass is 10.1. The molecule has 3 rings (SSSR count). The normalized spacial score (nSPS) is 11.0. The minimum atomic E-state index is -0.312. The molecule has 0 saturated heterocycles. The average molecular weight is 377 g/mol. The third kappa shape index (κ3) is 3.93. The van der Waals surface area contributed by atoms with E-state index >= 15 is 0 Å². The molecule has 0 aliphatic carbocycles. The van der Waals surface area contributed by atoms with Gasteiger partial charge in [-0.05, 0) is 37.8 Å². The topological polar surface area (TPSA) is 69.4 Å². The highest BCUT2D eigenvalue weighted by molar-refractivity contribution is 7.98. The number of hydrogen-bond donors (Lipinski definition) is 0. The van der Waals surface area contributed by atoms with Gasteiger partial charge in [-0.3, -0.25) is 4.79 Å². The van der Waals surface area contributed by atoms with Gasteiger partial charge < -0.3 is 4.74 Å². The van der Waals surface area contributed by atoms with Crippen molar-refractivity contribution in [3.05, 3.63) is 51.8 Å². The van der Waals surface area contributed by atoms with Gasteiger partial charge in [-0.2, -0.15) is 4.98 Å². The summed E-state index contributed by atoms with van der Waals surface area (Å²) >= 11 is 7.30. The van der Waals surface area contributed by atoms with Crippen molar-refractivity contribution in [2.24, 2.45) is 0 Å². The second-order valence-electron chi connectivity index (χ2n) is 5.54. The Morgan fingerprint density at radius 1 is 1.24 bits per heavy atom. The number of nitrogens with zero attached hydrogens (tertiary/aromatic N) is 4. The lowest BCUT2D eigenvalue weighted by Gasteiger charge is -2.10. The summed E-state index contributed by atoms with van der Waals surface area (Å²) in [5, 5.41) is 5.68. The van der Waals surface area contributed by atoms with Crippen LogP contribution >= 0.6 is 23.4 Å². The molecule has 0 aliphatic heterocycles. The molecule has 2 heterocycles. The van der Waals surface area contributed by atoms with Crippen molar-refractivity contribution in [1.29, 1.82) is 0 Å². The Kier molecular flexibility index (Phi) is 5.24. The molecule has 8 heteroatoms. The number of hydrogen-bond acceptors (Lipinski definition) is 6.